The zero-order valence-electron chi connectivity index (χ0n) is 6.19. The van der Waals surface area contributed by atoms with Crippen LogP contribution in [0.25, 0.3) is 0 Å². The van der Waals surface area contributed by atoms with E-state index in [2.05, 4.69) is 11.0 Å². The Morgan fingerprint density at radius 3 is 3.09 bits per heavy atom. The summed E-state index contributed by atoms with van der Waals surface area (Å²) in [7, 11) is 0. The van der Waals surface area contributed by atoms with Gasteiger partial charge in [0.15, 0.2) is 6.29 Å². The van der Waals surface area contributed by atoms with E-state index in [-0.39, 0.29) is 6.04 Å². The molecule has 0 saturated heterocycles. The maximum atomic E-state index is 10.2. The molecule has 0 saturated carbocycles. The Balaban J connectivity index is 2.90. The van der Waals surface area contributed by atoms with E-state index in [9.17, 15) is 4.79 Å². The molecule has 0 aliphatic heterocycles. The topological polar surface area (TPSA) is 34.9 Å². The van der Waals surface area contributed by atoms with Crippen molar-refractivity contribution in [2.24, 2.45) is 0 Å². The average molecular weight is 148 g/mol. The van der Waals surface area contributed by atoms with Crippen molar-refractivity contribution < 1.29 is 4.79 Å². The number of aromatic nitrogens is 2. The van der Waals surface area contributed by atoms with E-state index < -0.39 is 0 Å². The molecule has 56 valence electrons. The first-order valence-corrected chi connectivity index (χ1v) is 3.23. The summed E-state index contributed by atoms with van der Waals surface area (Å²) in [5.74, 6) is 2.50. The Morgan fingerprint density at radius 1 is 1.91 bits per heavy atom. The highest BCUT2D eigenvalue weighted by Gasteiger charge is 2.01. The number of hydrogen-bond acceptors (Lipinski definition) is 2. The quantitative estimate of drug-likeness (QED) is 0.461. The molecule has 1 aromatic heterocycles. The predicted octanol–water partition coefficient (Wildman–Crippen LogP) is 0.890. The fourth-order valence-corrected chi connectivity index (χ4v) is 0.702. The van der Waals surface area contributed by atoms with E-state index in [0.717, 1.165) is 6.29 Å². The van der Waals surface area contributed by atoms with Crippen LogP contribution in [0.1, 0.15) is 23.3 Å². The summed E-state index contributed by atoms with van der Waals surface area (Å²) in [6.07, 6.45) is 9.01. The number of aldehydes is 1. The third-order valence-corrected chi connectivity index (χ3v) is 1.40. The highest BCUT2D eigenvalue weighted by Crippen LogP contribution is 2.02. The first-order chi connectivity index (χ1) is 5.27. The molecule has 0 radical (unpaired) electrons. The molecule has 1 atom stereocenters. The van der Waals surface area contributed by atoms with Crippen LogP contribution >= 0.6 is 0 Å². The molecule has 1 unspecified atom stereocenters. The minimum Gasteiger partial charge on any atom is -0.298 e. The molecule has 3 heteroatoms. The Hall–Kier alpha value is -1.56. The van der Waals surface area contributed by atoms with E-state index in [1.807, 2.05) is 6.92 Å². The Kier molecular flexibility index (Phi) is 2.07. The van der Waals surface area contributed by atoms with Crippen LogP contribution in [-0.2, 0) is 0 Å². The molecular weight excluding hydrogens is 140 g/mol. The number of nitrogens with zero attached hydrogens (tertiary/aromatic N) is 2. The van der Waals surface area contributed by atoms with Crippen LogP contribution in [0, 0.1) is 12.3 Å². The van der Waals surface area contributed by atoms with E-state index >= 15 is 0 Å². The van der Waals surface area contributed by atoms with Gasteiger partial charge in [-0.25, -0.2) is 0 Å². The predicted molar refractivity (Wildman–Crippen MR) is 41.2 cm³/mol. The molecular formula is C8H8N2O. The van der Waals surface area contributed by atoms with Crippen molar-refractivity contribution in [1.29, 1.82) is 0 Å². The van der Waals surface area contributed by atoms with Crippen molar-refractivity contribution in [3.8, 4) is 12.3 Å². The second kappa shape index (κ2) is 3.02. The van der Waals surface area contributed by atoms with Crippen molar-refractivity contribution in [1.82, 2.24) is 9.78 Å². The molecule has 0 amide bonds. The summed E-state index contributed by atoms with van der Waals surface area (Å²) in [4.78, 5) is 10.2. The van der Waals surface area contributed by atoms with Gasteiger partial charge >= 0.3 is 0 Å². The van der Waals surface area contributed by atoms with Crippen LogP contribution in [0.3, 0.4) is 0 Å². The van der Waals surface area contributed by atoms with Crippen LogP contribution in [0.4, 0.5) is 0 Å². The van der Waals surface area contributed by atoms with Gasteiger partial charge in [-0.1, -0.05) is 5.92 Å². The second-order valence-electron chi connectivity index (χ2n) is 2.21. The van der Waals surface area contributed by atoms with Crippen molar-refractivity contribution >= 4 is 6.29 Å². The van der Waals surface area contributed by atoms with Gasteiger partial charge in [0.2, 0.25) is 0 Å². The van der Waals surface area contributed by atoms with Gasteiger partial charge in [0.05, 0.1) is 11.8 Å². The summed E-state index contributed by atoms with van der Waals surface area (Å²) in [5, 5.41) is 3.90. The van der Waals surface area contributed by atoms with Crippen LogP contribution < -0.4 is 0 Å². The van der Waals surface area contributed by atoms with E-state index in [1.54, 1.807) is 10.9 Å². The summed E-state index contributed by atoms with van der Waals surface area (Å²) < 4.78 is 1.57. The summed E-state index contributed by atoms with van der Waals surface area (Å²) in [6, 6.07) is -0.0938. The third kappa shape index (κ3) is 1.47. The van der Waals surface area contributed by atoms with Crippen molar-refractivity contribution in [3.05, 3.63) is 18.0 Å². The molecule has 0 spiro atoms. The molecule has 0 bridgehead atoms. The maximum Gasteiger partial charge on any atom is 0.153 e. The van der Waals surface area contributed by atoms with Crippen LogP contribution in [0.15, 0.2) is 12.4 Å². The average Bonchev–Trinajstić information content (AvgIpc) is 2.50. The number of carbonyl (C=O) groups is 1. The molecule has 1 rings (SSSR count). The summed E-state index contributed by atoms with van der Waals surface area (Å²) >= 11 is 0. The highest BCUT2D eigenvalue weighted by atomic mass is 16.1. The van der Waals surface area contributed by atoms with E-state index in [0.29, 0.717) is 5.56 Å². The maximum absolute atomic E-state index is 10.2. The fraction of sp³-hybridized carbons (Fsp3) is 0.250. The molecule has 0 N–H and O–H groups in total. The minimum atomic E-state index is -0.0938. The summed E-state index contributed by atoms with van der Waals surface area (Å²) in [6.45, 7) is 1.83. The Labute approximate surface area is 65.0 Å². The third-order valence-electron chi connectivity index (χ3n) is 1.40. The monoisotopic (exact) mass is 148 g/mol. The molecule has 11 heavy (non-hydrogen) atoms. The standard InChI is InChI=1S/C8H8N2O/c1-3-7(2)10-5-8(6-11)4-9-10/h1,4-7H,2H3. The molecule has 0 aliphatic carbocycles. The number of carbonyl (C=O) groups excluding carboxylic acids is 1. The van der Waals surface area contributed by atoms with Gasteiger partial charge in [-0.2, -0.15) is 5.10 Å². The van der Waals surface area contributed by atoms with Crippen LogP contribution in [0.2, 0.25) is 0 Å². The second-order valence-corrected chi connectivity index (χ2v) is 2.21. The first-order valence-electron chi connectivity index (χ1n) is 3.23. The molecule has 0 fully saturated rings. The number of hydrogen-bond donors (Lipinski definition) is 0. The van der Waals surface area contributed by atoms with Crippen LogP contribution in [0.5, 0.6) is 0 Å². The van der Waals surface area contributed by atoms with Gasteiger partial charge in [0.1, 0.15) is 6.04 Å². The first kappa shape index (κ1) is 7.55. The molecule has 0 aliphatic rings. The van der Waals surface area contributed by atoms with Crippen molar-refractivity contribution in [3.63, 3.8) is 0 Å². The normalized spacial score (nSPS) is 12.0. The minimum absolute atomic E-state index is 0.0938. The van der Waals surface area contributed by atoms with Gasteiger partial charge in [-0.05, 0) is 6.92 Å². The van der Waals surface area contributed by atoms with Gasteiger partial charge in [0.25, 0.3) is 0 Å². The van der Waals surface area contributed by atoms with Crippen LogP contribution in [-0.4, -0.2) is 16.1 Å². The Morgan fingerprint density at radius 2 is 2.64 bits per heavy atom. The van der Waals surface area contributed by atoms with Crippen molar-refractivity contribution in [2.45, 2.75) is 13.0 Å². The lowest BCUT2D eigenvalue weighted by atomic mass is 10.3. The summed E-state index contributed by atoms with van der Waals surface area (Å²) in [5.41, 5.74) is 0.548. The van der Waals surface area contributed by atoms with E-state index in [1.165, 1.54) is 6.20 Å². The van der Waals surface area contributed by atoms with Gasteiger partial charge in [0, 0.05) is 6.20 Å². The van der Waals surface area contributed by atoms with Gasteiger partial charge in [-0.15, -0.1) is 6.42 Å². The Bertz CT molecular complexity index is 295. The SMILES string of the molecule is C#CC(C)n1cc(C=O)cn1. The smallest absolute Gasteiger partial charge is 0.153 e. The molecule has 1 heterocycles. The lowest BCUT2D eigenvalue weighted by Crippen LogP contribution is -2.01. The number of terminal acetylenes is 1. The molecule has 3 nitrogen and oxygen atoms in total. The lowest BCUT2D eigenvalue weighted by Gasteiger charge is -2.01. The zero-order valence-corrected chi connectivity index (χ0v) is 6.19. The lowest BCUT2D eigenvalue weighted by molar-refractivity contribution is 0.112. The fourth-order valence-electron chi connectivity index (χ4n) is 0.702. The zero-order chi connectivity index (χ0) is 8.27. The molecule has 1 aromatic rings. The van der Waals surface area contributed by atoms with Gasteiger partial charge in [-0.3, -0.25) is 9.48 Å². The molecule has 0 aromatic carbocycles. The van der Waals surface area contributed by atoms with Gasteiger partial charge < -0.3 is 0 Å². The van der Waals surface area contributed by atoms with Crippen molar-refractivity contribution in [2.75, 3.05) is 0 Å². The number of rotatable bonds is 2. The largest absolute Gasteiger partial charge is 0.298 e. The highest BCUT2D eigenvalue weighted by molar-refractivity contribution is 5.73. The van der Waals surface area contributed by atoms with E-state index in [4.69, 9.17) is 6.42 Å².